The maximum absolute atomic E-state index is 2.83. The molecule has 11 rings (SSSR count). The zero-order chi connectivity index (χ0) is 34.2. The van der Waals surface area contributed by atoms with E-state index in [0.29, 0.717) is 40.9 Å². The molecular formula is C49H49NS2. The van der Waals surface area contributed by atoms with Crippen molar-refractivity contribution in [1.29, 1.82) is 0 Å². The van der Waals surface area contributed by atoms with Crippen molar-refractivity contribution >= 4 is 23.5 Å². The number of hydrogen-bond acceptors (Lipinski definition) is 3. The van der Waals surface area contributed by atoms with Gasteiger partial charge in [0.2, 0.25) is 0 Å². The fraction of sp³-hybridized carbons (Fsp3) is 0.388. The van der Waals surface area contributed by atoms with Crippen molar-refractivity contribution in [2.75, 3.05) is 0 Å². The molecule has 0 amide bonds. The molecular weight excluding hydrogens is 667 g/mol. The summed E-state index contributed by atoms with van der Waals surface area (Å²) in [4.78, 5) is 7.70. The second-order valence-electron chi connectivity index (χ2n) is 16.5. The van der Waals surface area contributed by atoms with E-state index in [0.717, 1.165) is 19.3 Å². The lowest BCUT2D eigenvalue weighted by molar-refractivity contribution is 0.214. The molecule has 0 saturated carbocycles. The molecule has 1 nitrogen and oxygen atoms in total. The lowest BCUT2D eigenvalue weighted by Crippen LogP contribution is -2.51. The molecule has 262 valence electrons. The summed E-state index contributed by atoms with van der Waals surface area (Å²) in [5, 5.41) is 0.501. The molecule has 0 aromatic heterocycles. The standard InChI is InChI=1S/C49H49NS2/c1-3-14-32(15-4-1)36-19-13-25-46-48(36)49(39-20-8-11-23-44(39)51-46)40-21-9-12-24-45(40)52-47-31-34(27-29-41(47)49)33-26-28-38-37-18-7-10-22-42(37)50(43(38)30-33)35-16-5-2-6-17-35/h1-5,7-9,11-12,14,16,18-20,23-24,26,28,31-33,37,39-40,42,44H,6,10,13,15,17,21-22,25,27,29-30H2. The summed E-state index contributed by atoms with van der Waals surface area (Å²) in [5.74, 6) is 2.46. The lowest BCUT2D eigenvalue weighted by Gasteiger charge is -2.59. The van der Waals surface area contributed by atoms with Crippen molar-refractivity contribution < 1.29 is 0 Å². The SMILES string of the molecule is C1=CCCC(N2C3=C(C=CC(C4=CC5=C(CC4)C4(C6=C(CCC=C6C6C=CC=CC6)SC6C=CC=CC64)C4CC=CC=C4S5)C3)C3C=CCCC32)=C1. The van der Waals surface area contributed by atoms with Crippen LogP contribution in [0.4, 0.5) is 0 Å². The van der Waals surface area contributed by atoms with Gasteiger partial charge in [-0.15, -0.1) is 11.8 Å². The first-order valence-electron chi connectivity index (χ1n) is 20.3. The Bertz CT molecular complexity index is 2070. The maximum Gasteiger partial charge on any atom is 0.0442 e. The third-order valence-corrected chi connectivity index (χ3v) is 16.7. The predicted octanol–water partition coefficient (Wildman–Crippen LogP) is 12.8. The van der Waals surface area contributed by atoms with Gasteiger partial charge in [0.05, 0.1) is 0 Å². The fourth-order valence-corrected chi connectivity index (χ4v) is 15.0. The average molecular weight is 716 g/mol. The van der Waals surface area contributed by atoms with E-state index in [2.05, 4.69) is 150 Å². The van der Waals surface area contributed by atoms with Crippen LogP contribution in [0.25, 0.3) is 0 Å². The summed E-state index contributed by atoms with van der Waals surface area (Å²) in [6.45, 7) is 0. The molecule has 1 spiro atoms. The molecule has 3 aliphatic heterocycles. The number of hydrogen-bond donors (Lipinski definition) is 0. The van der Waals surface area contributed by atoms with Gasteiger partial charge in [-0.1, -0.05) is 127 Å². The normalized spacial score (nSPS) is 38.0. The molecule has 8 unspecified atom stereocenters. The highest BCUT2D eigenvalue weighted by Gasteiger charge is 2.60. The Kier molecular flexibility index (Phi) is 7.94. The van der Waals surface area contributed by atoms with Gasteiger partial charge in [0, 0.05) is 62.6 Å². The summed E-state index contributed by atoms with van der Waals surface area (Å²) < 4.78 is 0. The maximum atomic E-state index is 2.83. The minimum absolute atomic E-state index is 0.00364. The zero-order valence-electron chi connectivity index (χ0n) is 30.1. The van der Waals surface area contributed by atoms with Crippen LogP contribution in [0.5, 0.6) is 0 Å². The summed E-state index contributed by atoms with van der Waals surface area (Å²) in [7, 11) is 0. The van der Waals surface area contributed by atoms with Crippen molar-refractivity contribution in [3.8, 4) is 0 Å². The summed E-state index contributed by atoms with van der Waals surface area (Å²) in [5.41, 5.74) is 11.6. The highest BCUT2D eigenvalue weighted by molar-refractivity contribution is 8.07. The second kappa shape index (κ2) is 12.9. The summed E-state index contributed by atoms with van der Waals surface area (Å²) >= 11 is 4.34. The molecule has 0 saturated heterocycles. The minimum Gasteiger partial charge on any atom is -0.344 e. The quantitative estimate of drug-likeness (QED) is 0.268. The third kappa shape index (κ3) is 4.83. The van der Waals surface area contributed by atoms with E-state index in [1.165, 1.54) is 51.4 Å². The topological polar surface area (TPSA) is 3.24 Å². The van der Waals surface area contributed by atoms with Crippen molar-refractivity contribution in [2.45, 2.75) is 81.9 Å². The third-order valence-electron chi connectivity index (χ3n) is 14.1. The molecule has 0 bridgehead atoms. The van der Waals surface area contributed by atoms with E-state index in [-0.39, 0.29) is 5.41 Å². The first-order valence-corrected chi connectivity index (χ1v) is 22.0. The van der Waals surface area contributed by atoms with Crippen molar-refractivity contribution in [3.63, 3.8) is 0 Å². The van der Waals surface area contributed by atoms with Crippen molar-refractivity contribution in [2.24, 2.45) is 35.0 Å². The van der Waals surface area contributed by atoms with E-state index in [9.17, 15) is 0 Å². The van der Waals surface area contributed by atoms with Gasteiger partial charge in [-0.05, 0) is 115 Å². The van der Waals surface area contributed by atoms with E-state index >= 15 is 0 Å². The Labute approximate surface area is 319 Å². The smallest absolute Gasteiger partial charge is 0.0442 e. The Morgan fingerprint density at radius 1 is 0.750 bits per heavy atom. The van der Waals surface area contributed by atoms with Gasteiger partial charge in [-0.25, -0.2) is 0 Å². The number of fused-ring (bicyclic) bond motifs is 8. The molecule has 11 aliphatic rings. The lowest BCUT2D eigenvalue weighted by atomic mass is 9.51. The van der Waals surface area contributed by atoms with Crippen molar-refractivity contribution in [1.82, 2.24) is 4.90 Å². The van der Waals surface area contributed by atoms with Gasteiger partial charge < -0.3 is 4.90 Å². The van der Waals surface area contributed by atoms with Crippen LogP contribution in [0, 0.1) is 35.0 Å². The molecule has 0 N–H and O–H groups in total. The molecule has 8 atom stereocenters. The van der Waals surface area contributed by atoms with Crippen LogP contribution in [0.3, 0.4) is 0 Å². The molecule has 3 heteroatoms. The van der Waals surface area contributed by atoms with Crippen LogP contribution < -0.4 is 0 Å². The highest BCUT2D eigenvalue weighted by atomic mass is 32.2. The Balaban J connectivity index is 1.03. The summed E-state index contributed by atoms with van der Waals surface area (Å²) in [6.07, 6.45) is 62.2. The highest BCUT2D eigenvalue weighted by Crippen LogP contribution is 2.71. The monoisotopic (exact) mass is 715 g/mol. The second-order valence-corrected chi connectivity index (χ2v) is 18.9. The number of thioether (sulfide) groups is 2. The number of nitrogens with zero attached hydrogens (tertiary/aromatic N) is 1. The zero-order valence-corrected chi connectivity index (χ0v) is 31.8. The molecule has 8 aliphatic carbocycles. The molecule has 52 heavy (non-hydrogen) atoms. The average Bonchev–Trinajstić information content (AvgIpc) is 3.54. The molecule has 3 heterocycles. The molecule has 0 radical (unpaired) electrons. The molecule has 0 aromatic carbocycles. The largest absolute Gasteiger partial charge is 0.344 e. The predicted molar refractivity (Wildman–Crippen MR) is 222 cm³/mol. The van der Waals surface area contributed by atoms with Gasteiger partial charge in [0.1, 0.15) is 0 Å². The Morgan fingerprint density at radius 2 is 1.67 bits per heavy atom. The van der Waals surface area contributed by atoms with Crippen LogP contribution in [0.2, 0.25) is 0 Å². The Hall–Kier alpha value is -3.40. The van der Waals surface area contributed by atoms with Crippen LogP contribution in [0.1, 0.15) is 70.6 Å². The van der Waals surface area contributed by atoms with E-state index < -0.39 is 0 Å². The Morgan fingerprint density at radius 3 is 2.60 bits per heavy atom. The van der Waals surface area contributed by atoms with E-state index in [1.807, 2.05) is 0 Å². The number of allylic oxidation sites excluding steroid dienone is 26. The van der Waals surface area contributed by atoms with Gasteiger partial charge >= 0.3 is 0 Å². The van der Waals surface area contributed by atoms with Gasteiger partial charge in [-0.2, -0.15) is 0 Å². The number of rotatable bonds is 3. The van der Waals surface area contributed by atoms with Gasteiger partial charge in [-0.3, -0.25) is 0 Å². The first-order chi connectivity index (χ1) is 25.8. The minimum atomic E-state index is -0.00364. The fourth-order valence-electron chi connectivity index (χ4n) is 12.0. The molecule has 0 aromatic rings. The van der Waals surface area contributed by atoms with Crippen LogP contribution in [-0.2, 0) is 0 Å². The van der Waals surface area contributed by atoms with Gasteiger partial charge in [0.15, 0.2) is 0 Å². The first kappa shape index (κ1) is 32.1. The van der Waals surface area contributed by atoms with Crippen LogP contribution in [0.15, 0.2) is 175 Å². The molecule has 0 fully saturated rings. The van der Waals surface area contributed by atoms with Crippen molar-refractivity contribution in [3.05, 3.63) is 175 Å². The summed E-state index contributed by atoms with van der Waals surface area (Å²) in [6, 6.07) is 0.590. The van der Waals surface area contributed by atoms with E-state index in [1.54, 1.807) is 54.0 Å². The van der Waals surface area contributed by atoms with Gasteiger partial charge in [0.25, 0.3) is 0 Å². The van der Waals surface area contributed by atoms with Crippen LogP contribution in [-0.4, -0.2) is 16.2 Å². The van der Waals surface area contributed by atoms with E-state index in [4.69, 9.17) is 0 Å². The van der Waals surface area contributed by atoms with Crippen LogP contribution >= 0.6 is 23.5 Å².